The van der Waals surface area contributed by atoms with Crippen LogP contribution in [0.25, 0.3) is 22.9 Å². The van der Waals surface area contributed by atoms with Gasteiger partial charge in [0.25, 0.3) is 11.1 Å². The predicted octanol–water partition coefficient (Wildman–Crippen LogP) is 1.31. The number of H-pyrrole nitrogens is 2. The maximum atomic E-state index is 12.9. The lowest BCUT2D eigenvalue weighted by molar-refractivity contribution is 0.0369. The summed E-state index contributed by atoms with van der Waals surface area (Å²) in [5.74, 6) is 0.205. The van der Waals surface area contributed by atoms with Crippen molar-refractivity contribution < 1.29 is 4.74 Å². The van der Waals surface area contributed by atoms with Gasteiger partial charge in [-0.05, 0) is 41.5 Å². The van der Waals surface area contributed by atoms with Crippen molar-refractivity contribution in [2.75, 3.05) is 32.8 Å². The van der Waals surface area contributed by atoms with Gasteiger partial charge in [0.1, 0.15) is 10.7 Å². The normalized spacial score (nSPS) is 15.8. The van der Waals surface area contributed by atoms with Gasteiger partial charge in [-0.3, -0.25) is 19.5 Å². The van der Waals surface area contributed by atoms with E-state index in [0.29, 0.717) is 5.69 Å². The van der Waals surface area contributed by atoms with E-state index >= 15 is 0 Å². The molecule has 4 aromatic rings. The number of aryl methyl sites for hydroxylation is 1. The Labute approximate surface area is 214 Å². The number of nitrogens with zero attached hydrogens (tertiary/aromatic N) is 4. The fourth-order valence-electron chi connectivity index (χ4n) is 4.88. The lowest BCUT2D eigenvalue weighted by Gasteiger charge is -2.26. The number of hydrogen-bond acceptors (Lipinski definition) is 6. The van der Waals surface area contributed by atoms with Crippen molar-refractivity contribution in [3.63, 3.8) is 0 Å². The molecule has 1 fully saturated rings. The van der Waals surface area contributed by atoms with Crippen molar-refractivity contribution >= 4 is 22.9 Å². The van der Waals surface area contributed by atoms with Crippen LogP contribution in [-0.4, -0.2) is 62.3 Å². The maximum Gasteiger partial charge on any atom is 0.272 e. The van der Waals surface area contributed by atoms with Crippen LogP contribution in [0.4, 0.5) is 0 Å². The average Bonchev–Trinajstić information content (AvgIpc) is 3.30. The fourth-order valence-corrected chi connectivity index (χ4v) is 4.88. The van der Waals surface area contributed by atoms with Gasteiger partial charge in [-0.2, -0.15) is 0 Å². The van der Waals surface area contributed by atoms with Gasteiger partial charge in [-0.25, -0.2) is 4.98 Å². The molecule has 0 aliphatic carbocycles. The summed E-state index contributed by atoms with van der Waals surface area (Å²) in [5, 5.41) is 2.30. The molecular formula is C28H32N6O3. The number of aromatic nitrogens is 5. The molecule has 9 heteroatoms. The number of ether oxygens (including phenoxy) is 1. The molecule has 1 aliphatic heterocycles. The van der Waals surface area contributed by atoms with Gasteiger partial charge >= 0.3 is 0 Å². The lowest BCUT2D eigenvalue weighted by Crippen LogP contribution is -2.46. The number of nitrogens with one attached hydrogen (secondary N) is 2. The molecule has 2 N–H and O–H groups in total. The van der Waals surface area contributed by atoms with Crippen LogP contribution in [0, 0.1) is 0 Å². The number of hydrogen-bond donors (Lipinski definition) is 2. The molecule has 3 aromatic heterocycles. The van der Waals surface area contributed by atoms with E-state index < -0.39 is 0 Å². The summed E-state index contributed by atoms with van der Waals surface area (Å²) in [5.41, 5.74) is 1.83. The van der Waals surface area contributed by atoms with Crippen LogP contribution < -0.4 is 21.8 Å². The van der Waals surface area contributed by atoms with Crippen LogP contribution in [0.3, 0.4) is 0 Å². The standard InChI is InChI=1S/C28H32N6O3/c1-19(2)26-23(30-18-34(26)10-4-9-33-11-13-37-14-12-33)16-25-28(36)31-24(27(35)32-25)15-20-5-3-6-21-17-29-8-7-22(20)21/h3,5-8,15-19H,4,9-14H2,1-2H3,(H,31,36)(H,32,35)/b24-15-,25-16-. The minimum Gasteiger partial charge on any atom is -0.379 e. The van der Waals surface area contributed by atoms with E-state index in [4.69, 9.17) is 4.74 Å². The largest absolute Gasteiger partial charge is 0.379 e. The van der Waals surface area contributed by atoms with Crippen LogP contribution in [0.2, 0.25) is 0 Å². The summed E-state index contributed by atoms with van der Waals surface area (Å²) >= 11 is 0. The summed E-state index contributed by atoms with van der Waals surface area (Å²) < 4.78 is 7.58. The van der Waals surface area contributed by atoms with E-state index in [9.17, 15) is 9.59 Å². The monoisotopic (exact) mass is 500 g/mol. The molecular weight excluding hydrogens is 468 g/mol. The molecule has 0 radical (unpaired) electrons. The van der Waals surface area contributed by atoms with E-state index in [-0.39, 0.29) is 27.7 Å². The number of benzene rings is 1. The molecule has 1 aromatic carbocycles. The molecule has 1 saturated heterocycles. The highest BCUT2D eigenvalue weighted by molar-refractivity contribution is 5.89. The Morgan fingerprint density at radius 2 is 1.78 bits per heavy atom. The smallest absolute Gasteiger partial charge is 0.272 e. The summed E-state index contributed by atoms with van der Waals surface area (Å²) in [7, 11) is 0. The first-order valence-electron chi connectivity index (χ1n) is 12.7. The molecule has 37 heavy (non-hydrogen) atoms. The van der Waals surface area contributed by atoms with E-state index in [2.05, 4.69) is 43.3 Å². The Hall–Kier alpha value is -3.82. The Morgan fingerprint density at radius 3 is 2.54 bits per heavy atom. The van der Waals surface area contributed by atoms with Crippen molar-refractivity contribution in [1.29, 1.82) is 0 Å². The number of pyridine rings is 1. The van der Waals surface area contributed by atoms with Crippen LogP contribution in [0.15, 0.2) is 52.6 Å². The molecule has 4 heterocycles. The zero-order valence-corrected chi connectivity index (χ0v) is 21.2. The first-order valence-corrected chi connectivity index (χ1v) is 12.7. The quantitative estimate of drug-likeness (QED) is 0.396. The Balaban J connectivity index is 1.44. The Bertz CT molecular complexity index is 1620. The number of imidazole rings is 1. The van der Waals surface area contributed by atoms with Gasteiger partial charge < -0.3 is 19.3 Å². The van der Waals surface area contributed by atoms with Crippen LogP contribution in [-0.2, 0) is 11.3 Å². The third kappa shape index (κ3) is 5.63. The molecule has 9 nitrogen and oxygen atoms in total. The predicted molar refractivity (Wildman–Crippen MR) is 144 cm³/mol. The first kappa shape index (κ1) is 24.9. The lowest BCUT2D eigenvalue weighted by atomic mass is 10.1. The Kier molecular flexibility index (Phi) is 7.43. The number of aromatic amines is 2. The Morgan fingerprint density at radius 1 is 1.03 bits per heavy atom. The second-order valence-electron chi connectivity index (χ2n) is 9.64. The molecule has 0 saturated carbocycles. The summed E-state index contributed by atoms with van der Waals surface area (Å²) in [6.07, 6.45) is 9.66. The SMILES string of the molecule is CC(C)c1c(/C=c2\[nH]c(=O)/c(=C/c3cccc4cnccc34)[nH]c2=O)ncn1CCCN1CCOCC1. The van der Waals surface area contributed by atoms with E-state index in [1.165, 1.54) is 0 Å². The number of rotatable bonds is 7. The zero-order chi connectivity index (χ0) is 25.8. The minimum atomic E-state index is -0.371. The second kappa shape index (κ2) is 11.1. The highest BCUT2D eigenvalue weighted by Crippen LogP contribution is 2.20. The molecule has 0 unspecified atom stereocenters. The van der Waals surface area contributed by atoms with Gasteiger partial charge in [-0.1, -0.05) is 32.0 Å². The first-order chi connectivity index (χ1) is 18.0. The second-order valence-corrected chi connectivity index (χ2v) is 9.64. The highest BCUT2D eigenvalue weighted by atomic mass is 16.5. The molecule has 1 aliphatic rings. The zero-order valence-electron chi connectivity index (χ0n) is 21.2. The van der Waals surface area contributed by atoms with Crippen LogP contribution in [0.1, 0.15) is 43.1 Å². The van der Waals surface area contributed by atoms with Crippen LogP contribution >= 0.6 is 0 Å². The maximum absolute atomic E-state index is 12.9. The van der Waals surface area contributed by atoms with Gasteiger partial charge in [0, 0.05) is 49.7 Å². The van der Waals surface area contributed by atoms with Crippen molar-refractivity contribution in [1.82, 2.24) is 29.4 Å². The van der Waals surface area contributed by atoms with Gasteiger partial charge in [0.15, 0.2) is 0 Å². The summed E-state index contributed by atoms with van der Waals surface area (Å²) in [6, 6.07) is 7.65. The topological polar surface area (TPSA) is 109 Å². The fraction of sp³-hybridized carbons (Fsp3) is 0.357. The molecule has 192 valence electrons. The molecule has 0 spiro atoms. The molecule has 0 atom stereocenters. The molecule has 0 bridgehead atoms. The van der Waals surface area contributed by atoms with Crippen molar-refractivity contribution in [3.8, 4) is 0 Å². The van der Waals surface area contributed by atoms with Crippen molar-refractivity contribution in [2.24, 2.45) is 0 Å². The van der Waals surface area contributed by atoms with Gasteiger partial charge in [-0.15, -0.1) is 0 Å². The third-order valence-electron chi connectivity index (χ3n) is 6.71. The van der Waals surface area contributed by atoms with E-state index in [1.807, 2.05) is 30.6 Å². The molecule has 5 rings (SSSR count). The van der Waals surface area contributed by atoms with E-state index in [0.717, 1.165) is 67.8 Å². The third-order valence-corrected chi connectivity index (χ3v) is 6.71. The van der Waals surface area contributed by atoms with Gasteiger partial charge in [0.05, 0.1) is 25.2 Å². The van der Waals surface area contributed by atoms with Gasteiger partial charge in [0.2, 0.25) is 0 Å². The average molecular weight is 501 g/mol. The van der Waals surface area contributed by atoms with Crippen molar-refractivity contribution in [2.45, 2.75) is 32.7 Å². The van der Waals surface area contributed by atoms with Crippen LogP contribution in [0.5, 0.6) is 0 Å². The number of fused-ring (bicyclic) bond motifs is 1. The number of morpholine rings is 1. The summed E-state index contributed by atoms with van der Waals surface area (Å²) in [4.78, 5) is 42.5. The van der Waals surface area contributed by atoms with Crippen molar-refractivity contribution in [3.05, 3.63) is 91.3 Å². The van der Waals surface area contributed by atoms with E-state index in [1.54, 1.807) is 24.5 Å². The molecule has 0 amide bonds. The highest BCUT2D eigenvalue weighted by Gasteiger charge is 2.15. The minimum absolute atomic E-state index is 0.185. The summed E-state index contributed by atoms with van der Waals surface area (Å²) in [6.45, 7) is 9.61.